The van der Waals surface area contributed by atoms with Crippen LogP contribution >= 0.6 is 0 Å². The highest BCUT2D eigenvalue weighted by atomic mass is 16.5. The van der Waals surface area contributed by atoms with Crippen LogP contribution in [0.1, 0.15) is 27.6 Å². The average Bonchev–Trinajstić information content (AvgIpc) is 2.26. The summed E-state index contributed by atoms with van der Waals surface area (Å²) >= 11 is 0. The Kier molecular flexibility index (Phi) is 4.00. The predicted octanol–water partition coefficient (Wildman–Crippen LogP) is 1.60. The standard InChI is InChI=1S/C11H12O4/c1-2-15-7-10(12)8-3-5-9(6-4-8)11(13)14/h3-6H,2,7H2,1H3,(H,13,14). The van der Waals surface area contributed by atoms with Crippen LogP contribution in [0.2, 0.25) is 0 Å². The number of ketones is 1. The summed E-state index contributed by atoms with van der Waals surface area (Å²) in [5.41, 5.74) is 0.636. The molecule has 0 saturated carbocycles. The molecule has 0 fully saturated rings. The Labute approximate surface area is 87.5 Å². The number of Topliss-reactive ketones (excluding diaryl/α,β-unsaturated/α-hetero) is 1. The van der Waals surface area contributed by atoms with E-state index < -0.39 is 5.97 Å². The van der Waals surface area contributed by atoms with E-state index in [2.05, 4.69) is 0 Å². The van der Waals surface area contributed by atoms with E-state index >= 15 is 0 Å². The molecule has 0 spiro atoms. The molecule has 0 atom stereocenters. The maximum atomic E-state index is 11.4. The second-order valence-electron chi connectivity index (χ2n) is 2.94. The lowest BCUT2D eigenvalue weighted by Crippen LogP contribution is -2.09. The molecule has 1 rings (SSSR count). The molecule has 15 heavy (non-hydrogen) atoms. The molecule has 0 saturated heterocycles. The minimum absolute atomic E-state index is 0.0307. The first-order valence-electron chi connectivity index (χ1n) is 4.59. The van der Waals surface area contributed by atoms with Crippen molar-refractivity contribution in [1.82, 2.24) is 0 Å². The molecule has 0 unspecified atom stereocenters. The molecule has 1 aromatic rings. The second kappa shape index (κ2) is 5.26. The van der Waals surface area contributed by atoms with Crippen molar-refractivity contribution in [1.29, 1.82) is 0 Å². The van der Waals surface area contributed by atoms with Gasteiger partial charge in [0.25, 0.3) is 0 Å². The summed E-state index contributed by atoms with van der Waals surface area (Å²) < 4.78 is 4.96. The van der Waals surface area contributed by atoms with Gasteiger partial charge in [-0.15, -0.1) is 0 Å². The number of ether oxygens (including phenoxy) is 1. The van der Waals surface area contributed by atoms with Crippen molar-refractivity contribution in [2.75, 3.05) is 13.2 Å². The van der Waals surface area contributed by atoms with Crippen molar-refractivity contribution in [3.05, 3.63) is 35.4 Å². The first kappa shape index (κ1) is 11.4. The third kappa shape index (κ3) is 3.18. The van der Waals surface area contributed by atoms with Crippen LogP contribution in [0.5, 0.6) is 0 Å². The van der Waals surface area contributed by atoms with Gasteiger partial charge in [0.1, 0.15) is 6.61 Å². The van der Waals surface area contributed by atoms with Gasteiger partial charge in [-0.25, -0.2) is 4.79 Å². The van der Waals surface area contributed by atoms with E-state index in [-0.39, 0.29) is 18.0 Å². The van der Waals surface area contributed by atoms with Gasteiger partial charge in [-0.2, -0.15) is 0 Å². The summed E-state index contributed by atoms with van der Waals surface area (Å²) in [7, 11) is 0. The van der Waals surface area contributed by atoms with Gasteiger partial charge >= 0.3 is 5.97 Å². The number of carboxylic acids is 1. The molecule has 1 N–H and O–H groups in total. The van der Waals surface area contributed by atoms with Crippen LogP contribution in [-0.2, 0) is 4.74 Å². The lowest BCUT2D eigenvalue weighted by Gasteiger charge is -2.01. The summed E-state index contributed by atoms with van der Waals surface area (Å²) in [5.74, 6) is -1.15. The number of carbonyl (C=O) groups excluding carboxylic acids is 1. The minimum atomic E-state index is -1.00. The molecular weight excluding hydrogens is 196 g/mol. The van der Waals surface area contributed by atoms with Gasteiger partial charge in [0.15, 0.2) is 5.78 Å². The highest BCUT2D eigenvalue weighted by molar-refractivity contribution is 5.98. The van der Waals surface area contributed by atoms with E-state index in [1.807, 2.05) is 0 Å². The number of aromatic carboxylic acids is 1. The fourth-order valence-corrected chi connectivity index (χ4v) is 1.08. The van der Waals surface area contributed by atoms with Gasteiger partial charge in [0, 0.05) is 12.2 Å². The lowest BCUT2D eigenvalue weighted by molar-refractivity contribution is 0.0695. The maximum absolute atomic E-state index is 11.4. The SMILES string of the molecule is CCOCC(=O)c1ccc(C(=O)O)cc1. The molecule has 0 radical (unpaired) electrons. The van der Waals surface area contributed by atoms with E-state index in [9.17, 15) is 9.59 Å². The van der Waals surface area contributed by atoms with Crippen molar-refractivity contribution >= 4 is 11.8 Å². The highest BCUT2D eigenvalue weighted by Gasteiger charge is 2.07. The second-order valence-corrected chi connectivity index (χ2v) is 2.94. The van der Waals surface area contributed by atoms with Gasteiger partial charge < -0.3 is 9.84 Å². The van der Waals surface area contributed by atoms with Crippen LogP contribution in [0, 0.1) is 0 Å². The molecule has 0 aliphatic rings. The Morgan fingerprint density at radius 3 is 2.20 bits per heavy atom. The zero-order valence-corrected chi connectivity index (χ0v) is 8.40. The van der Waals surface area contributed by atoms with Crippen molar-refractivity contribution in [3.8, 4) is 0 Å². The molecule has 0 bridgehead atoms. The van der Waals surface area contributed by atoms with E-state index in [0.29, 0.717) is 12.2 Å². The smallest absolute Gasteiger partial charge is 0.335 e. The molecule has 0 aliphatic carbocycles. The predicted molar refractivity (Wildman–Crippen MR) is 54.2 cm³/mol. The quantitative estimate of drug-likeness (QED) is 0.746. The van der Waals surface area contributed by atoms with Crippen LogP contribution in [-0.4, -0.2) is 30.1 Å². The maximum Gasteiger partial charge on any atom is 0.335 e. The van der Waals surface area contributed by atoms with Crippen LogP contribution in [0.4, 0.5) is 0 Å². The average molecular weight is 208 g/mol. The van der Waals surface area contributed by atoms with Crippen LogP contribution in [0.3, 0.4) is 0 Å². The Bertz CT molecular complexity index is 353. The topological polar surface area (TPSA) is 63.6 Å². The Hall–Kier alpha value is -1.68. The van der Waals surface area contributed by atoms with E-state index in [0.717, 1.165) is 0 Å². The number of benzene rings is 1. The summed E-state index contributed by atoms with van der Waals surface area (Å²) in [6.45, 7) is 2.32. The molecule has 4 nitrogen and oxygen atoms in total. The van der Waals surface area contributed by atoms with E-state index in [4.69, 9.17) is 9.84 Å². The third-order valence-corrected chi connectivity index (χ3v) is 1.89. The van der Waals surface area contributed by atoms with Crippen LogP contribution in [0.15, 0.2) is 24.3 Å². The van der Waals surface area contributed by atoms with Crippen LogP contribution in [0.25, 0.3) is 0 Å². The van der Waals surface area contributed by atoms with Crippen molar-refractivity contribution < 1.29 is 19.4 Å². The summed E-state index contributed by atoms with van der Waals surface area (Å²) in [5, 5.41) is 8.65. The number of carboxylic acid groups (broad SMARTS) is 1. The molecule has 0 amide bonds. The zero-order chi connectivity index (χ0) is 11.3. The van der Waals surface area contributed by atoms with Gasteiger partial charge in [0.2, 0.25) is 0 Å². The largest absolute Gasteiger partial charge is 0.478 e. The van der Waals surface area contributed by atoms with E-state index in [1.54, 1.807) is 6.92 Å². The first-order valence-corrected chi connectivity index (χ1v) is 4.59. The van der Waals surface area contributed by atoms with Crippen molar-refractivity contribution in [3.63, 3.8) is 0 Å². The highest BCUT2D eigenvalue weighted by Crippen LogP contribution is 2.05. The number of carbonyl (C=O) groups is 2. The van der Waals surface area contributed by atoms with E-state index in [1.165, 1.54) is 24.3 Å². The fourth-order valence-electron chi connectivity index (χ4n) is 1.08. The Morgan fingerprint density at radius 1 is 1.20 bits per heavy atom. The normalized spacial score (nSPS) is 9.93. The summed E-state index contributed by atoms with van der Waals surface area (Å²) in [4.78, 5) is 22.0. The fraction of sp³-hybridized carbons (Fsp3) is 0.273. The Morgan fingerprint density at radius 2 is 1.73 bits per heavy atom. The van der Waals surface area contributed by atoms with Gasteiger partial charge in [-0.05, 0) is 19.1 Å². The van der Waals surface area contributed by atoms with Gasteiger partial charge in [-0.1, -0.05) is 12.1 Å². The molecule has 0 aromatic heterocycles. The number of hydrogen-bond donors (Lipinski definition) is 1. The third-order valence-electron chi connectivity index (χ3n) is 1.89. The van der Waals surface area contributed by atoms with Crippen molar-refractivity contribution in [2.24, 2.45) is 0 Å². The summed E-state index contributed by atoms with van der Waals surface area (Å²) in [6.07, 6.45) is 0. The van der Waals surface area contributed by atoms with Gasteiger partial charge in [0.05, 0.1) is 5.56 Å². The monoisotopic (exact) mass is 208 g/mol. The van der Waals surface area contributed by atoms with Crippen LogP contribution < -0.4 is 0 Å². The number of rotatable bonds is 5. The lowest BCUT2D eigenvalue weighted by atomic mass is 10.1. The molecule has 80 valence electrons. The Balaban J connectivity index is 2.71. The first-order chi connectivity index (χ1) is 7.15. The van der Waals surface area contributed by atoms with Gasteiger partial charge in [-0.3, -0.25) is 4.79 Å². The van der Waals surface area contributed by atoms with Crippen molar-refractivity contribution in [2.45, 2.75) is 6.92 Å². The molecule has 0 aliphatic heterocycles. The minimum Gasteiger partial charge on any atom is -0.478 e. The molecule has 0 heterocycles. The molecule has 4 heteroatoms. The number of hydrogen-bond acceptors (Lipinski definition) is 3. The zero-order valence-electron chi connectivity index (χ0n) is 8.40. The molecular formula is C11H12O4. The molecule has 1 aromatic carbocycles. The summed E-state index contributed by atoms with van der Waals surface area (Å²) in [6, 6.07) is 5.79.